The summed E-state index contributed by atoms with van der Waals surface area (Å²) in [6.45, 7) is 8.12. The SMILES string of the molecule is CCC(CC)C(C)NCCCCO. The number of aliphatic hydroxyl groups excluding tert-OH is 1. The van der Waals surface area contributed by atoms with Crippen LogP contribution in [0.4, 0.5) is 0 Å². The van der Waals surface area contributed by atoms with Crippen LogP contribution in [-0.4, -0.2) is 24.3 Å². The summed E-state index contributed by atoms with van der Waals surface area (Å²) in [5.41, 5.74) is 0. The highest BCUT2D eigenvalue weighted by atomic mass is 16.2. The van der Waals surface area contributed by atoms with E-state index in [2.05, 4.69) is 26.1 Å². The van der Waals surface area contributed by atoms with Crippen LogP contribution in [0.3, 0.4) is 0 Å². The molecule has 0 heterocycles. The summed E-state index contributed by atoms with van der Waals surface area (Å²) >= 11 is 0. The first kappa shape index (κ1) is 12.9. The molecule has 2 nitrogen and oxygen atoms in total. The fraction of sp³-hybridized carbons (Fsp3) is 1.00. The third-order valence-corrected chi connectivity index (χ3v) is 2.81. The minimum atomic E-state index is 0.320. The number of hydrogen-bond donors (Lipinski definition) is 2. The Balaban J connectivity index is 3.42. The molecule has 0 aromatic heterocycles. The Labute approximate surface area is 82.7 Å². The average molecular weight is 187 g/mol. The maximum atomic E-state index is 8.61. The molecule has 2 heteroatoms. The molecule has 0 saturated carbocycles. The molecule has 0 rings (SSSR count). The van der Waals surface area contributed by atoms with Gasteiger partial charge in [-0.05, 0) is 32.2 Å². The van der Waals surface area contributed by atoms with E-state index in [0.29, 0.717) is 12.6 Å². The topological polar surface area (TPSA) is 32.3 Å². The second-order valence-corrected chi connectivity index (χ2v) is 3.75. The Bertz CT molecular complexity index is 102. The van der Waals surface area contributed by atoms with Gasteiger partial charge < -0.3 is 10.4 Å². The summed E-state index contributed by atoms with van der Waals surface area (Å²) in [5.74, 6) is 0.800. The highest BCUT2D eigenvalue weighted by Gasteiger charge is 2.11. The van der Waals surface area contributed by atoms with Crippen LogP contribution in [0.15, 0.2) is 0 Å². The van der Waals surface area contributed by atoms with E-state index in [-0.39, 0.29) is 0 Å². The maximum Gasteiger partial charge on any atom is 0.0431 e. The second kappa shape index (κ2) is 8.52. The number of hydrogen-bond acceptors (Lipinski definition) is 2. The monoisotopic (exact) mass is 187 g/mol. The Kier molecular flexibility index (Phi) is 8.46. The lowest BCUT2D eigenvalue weighted by Gasteiger charge is -2.22. The summed E-state index contributed by atoms with van der Waals surface area (Å²) in [4.78, 5) is 0. The summed E-state index contributed by atoms with van der Waals surface area (Å²) in [6, 6.07) is 0.619. The standard InChI is InChI=1S/C11H25NO/c1-4-11(5-2)10(3)12-8-6-7-9-13/h10-13H,4-9H2,1-3H3. The fourth-order valence-corrected chi connectivity index (χ4v) is 1.73. The zero-order chi connectivity index (χ0) is 10.1. The smallest absolute Gasteiger partial charge is 0.0431 e. The molecule has 0 aliphatic carbocycles. The molecule has 1 unspecified atom stereocenters. The lowest BCUT2D eigenvalue weighted by atomic mass is 9.95. The summed E-state index contributed by atoms with van der Waals surface area (Å²) in [7, 11) is 0. The number of nitrogens with one attached hydrogen (secondary N) is 1. The molecule has 0 aromatic rings. The molecular formula is C11H25NO. The van der Waals surface area contributed by atoms with Crippen LogP contribution < -0.4 is 5.32 Å². The average Bonchev–Trinajstić information content (AvgIpc) is 2.14. The Morgan fingerprint density at radius 2 is 1.77 bits per heavy atom. The molecule has 0 saturated heterocycles. The molecule has 2 N–H and O–H groups in total. The van der Waals surface area contributed by atoms with Gasteiger partial charge in [-0.3, -0.25) is 0 Å². The van der Waals surface area contributed by atoms with Crippen molar-refractivity contribution in [1.82, 2.24) is 5.32 Å². The van der Waals surface area contributed by atoms with Gasteiger partial charge in [0.1, 0.15) is 0 Å². The number of rotatable bonds is 8. The molecule has 0 aromatic carbocycles. The third-order valence-electron chi connectivity index (χ3n) is 2.81. The molecule has 0 aliphatic heterocycles. The molecule has 0 bridgehead atoms. The van der Waals surface area contributed by atoms with E-state index in [4.69, 9.17) is 5.11 Å². The molecule has 80 valence electrons. The van der Waals surface area contributed by atoms with E-state index >= 15 is 0 Å². The van der Waals surface area contributed by atoms with E-state index in [1.54, 1.807) is 0 Å². The minimum Gasteiger partial charge on any atom is -0.396 e. The molecule has 0 radical (unpaired) electrons. The van der Waals surface area contributed by atoms with Crippen LogP contribution in [0.5, 0.6) is 0 Å². The number of aliphatic hydroxyl groups is 1. The first-order valence-electron chi connectivity index (χ1n) is 5.60. The zero-order valence-electron chi connectivity index (χ0n) is 9.34. The van der Waals surface area contributed by atoms with Crippen molar-refractivity contribution in [2.24, 2.45) is 5.92 Å². The van der Waals surface area contributed by atoms with Gasteiger partial charge in [-0.1, -0.05) is 26.7 Å². The molecule has 0 fully saturated rings. The molecular weight excluding hydrogens is 162 g/mol. The summed E-state index contributed by atoms with van der Waals surface area (Å²) in [5, 5.41) is 12.1. The minimum absolute atomic E-state index is 0.320. The van der Waals surface area contributed by atoms with Crippen molar-refractivity contribution in [2.45, 2.75) is 52.5 Å². The van der Waals surface area contributed by atoms with E-state index in [0.717, 1.165) is 25.3 Å². The van der Waals surface area contributed by atoms with E-state index < -0.39 is 0 Å². The molecule has 1 atom stereocenters. The fourth-order valence-electron chi connectivity index (χ4n) is 1.73. The van der Waals surface area contributed by atoms with Crippen LogP contribution >= 0.6 is 0 Å². The summed E-state index contributed by atoms with van der Waals surface area (Å²) in [6.07, 6.45) is 4.51. The van der Waals surface area contributed by atoms with Gasteiger partial charge in [0.05, 0.1) is 0 Å². The van der Waals surface area contributed by atoms with Gasteiger partial charge in [0, 0.05) is 12.6 Å². The van der Waals surface area contributed by atoms with Crippen LogP contribution in [0.25, 0.3) is 0 Å². The van der Waals surface area contributed by atoms with Crippen LogP contribution in [0.2, 0.25) is 0 Å². The predicted octanol–water partition coefficient (Wildman–Crippen LogP) is 2.17. The van der Waals surface area contributed by atoms with E-state index in [1.807, 2.05) is 0 Å². The predicted molar refractivity (Wildman–Crippen MR) is 57.9 cm³/mol. The van der Waals surface area contributed by atoms with Crippen molar-refractivity contribution in [3.63, 3.8) is 0 Å². The largest absolute Gasteiger partial charge is 0.396 e. The van der Waals surface area contributed by atoms with E-state index in [1.165, 1.54) is 12.8 Å². The van der Waals surface area contributed by atoms with Gasteiger partial charge in [-0.25, -0.2) is 0 Å². The van der Waals surface area contributed by atoms with Crippen molar-refractivity contribution >= 4 is 0 Å². The molecule has 0 amide bonds. The van der Waals surface area contributed by atoms with Crippen LogP contribution in [0.1, 0.15) is 46.5 Å². The second-order valence-electron chi connectivity index (χ2n) is 3.75. The van der Waals surface area contributed by atoms with Crippen molar-refractivity contribution in [3.05, 3.63) is 0 Å². The van der Waals surface area contributed by atoms with Gasteiger partial charge >= 0.3 is 0 Å². The third kappa shape index (κ3) is 6.05. The van der Waals surface area contributed by atoms with Crippen molar-refractivity contribution in [3.8, 4) is 0 Å². The van der Waals surface area contributed by atoms with Gasteiger partial charge in [0.2, 0.25) is 0 Å². The highest BCUT2D eigenvalue weighted by molar-refractivity contribution is 4.69. The van der Waals surface area contributed by atoms with Crippen LogP contribution in [0, 0.1) is 5.92 Å². The lowest BCUT2D eigenvalue weighted by Crippen LogP contribution is -2.33. The Hall–Kier alpha value is -0.0800. The zero-order valence-corrected chi connectivity index (χ0v) is 9.34. The highest BCUT2D eigenvalue weighted by Crippen LogP contribution is 2.12. The van der Waals surface area contributed by atoms with Crippen molar-refractivity contribution < 1.29 is 5.11 Å². The van der Waals surface area contributed by atoms with E-state index in [9.17, 15) is 0 Å². The molecule has 13 heavy (non-hydrogen) atoms. The molecule has 0 spiro atoms. The molecule has 0 aliphatic rings. The lowest BCUT2D eigenvalue weighted by molar-refractivity contribution is 0.279. The first-order valence-corrected chi connectivity index (χ1v) is 5.60. The number of unbranched alkanes of at least 4 members (excludes halogenated alkanes) is 1. The first-order chi connectivity index (χ1) is 6.26. The van der Waals surface area contributed by atoms with Gasteiger partial charge in [0.25, 0.3) is 0 Å². The van der Waals surface area contributed by atoms with Gasteiger partial charge in [-0.2, -0.15) is 0 Å². The normalized spacial score (nSPS) is 13.6. The van der Waals surface area contributed by atoms with Crippen molar-refractivity contribution in [2.75, 3.05) is 13.2 Å². The van der Waals surface area contributed by atoms with Gasteiger partial charge in [0.15, 0.2) is 0 Å². The Morgan fingerprint density at radius 3 is 2.23 bits per heavy atom. The van der Waals surface area contributed by atoms with Gasteiger partial charge in [-0.15, -0.1) is 0 Å². The summed E-state index contributed by atoms with van der Waals surface area (Å²) < 4.78 is 0. The Morgan fingerprint density at radius 1 is 1.15 bits per heavy atom. The van der Waals surface area contributed by atoms with Crippen LogP contribution in [-0.2, 0) is 0 Å². The van der Waals surface area contributed by atoms with Crippen molar-refractivity contribution in [1.29, 1.82) is 0 Å². The maximum absolute atomic E-state index is 8.61. The quantitative estimate of drug-likeness (QED) is 0.571.